The van der Waals surface area contributed by atoms with E-state index in [9.17, 15) is 9.59 Å². The molecule has 5 aromatic carbocycles. The molecule has 2 heterocycles. The van der Waals surface area contributed by atoms with Crippen LogP contribution in [0.4, 0.5) is 11.4 Å². The third-order valence-corrected chi connectivity index (χ3v) is 9.21. The molecule has 5 aromatic rings. The highest BCUT2D eigenvalue weighted by molar-refractivity contribution is 6.02. The average Bonchev–Trinajstić information content (AvgIpc) is 3.14. The number of anilines is 2. The first kappa shape index (κ1) is 30.9. The zero-order valence-electron chi connectivity index (χ0n) is 27.1. The fourth-order valence-electron chi connectivity index (χ4n) is 6.52. The van der Waals surface area contributed by atoms with Crippen LogP contribution in [-0.4, -0.2) is 48.9 Å². The number of carbonyl (C=O) groups is 2. The summed E-state index contributed by atoms with van der Waals surface area (Å²) in [5.41, 5.74) is 7.13. The van der Waals surface area contributed by atoms with Gasteiger partial charge in [0.15, 0.2) is 0 Å². The van der Waals surface area contributed by atoms with Crippen molar-refractivity contribution in [1.29, 1.82) is 0 Å². The van der Waals surface area contributed by atoms with E-state index in [4.69, 9.17) is 9.47 Å². The summed E-state index contributed by atoms with van der Waals surface area (Å²) >= 11 is 0. The molecule has 0 aliphatic carbocycles. The van der Waals surface area contributed by atoms with Crippen molar-refractivity contribution < 1.29 is 19.1 Å². The summed E-state index contributed by atoms with van der Waals surface area (Å²) in [4.78, 5) is 31.5. The summed E-state index contributed by atoms with van der Waals surface area (Å²) in [5, 5.41) is 7.24. The van der Waals surface area contributed by atoms with Gasteiger partial charge in [-0.25, -0.2) is 0 Å². The number of fused-ring (bicyclic) bond motifs is 2. The van der Waals surface area contributed by atoms with Gasteiger partial charge in [-0.05, 0) is 83.6 Å². The summed E-state index contributed by atoms with van der Waals surface area (Å²) in [7, 11) is 3.31. The summed E-state index contributed by atoms with van der Waals surface area (Å²) in [6.07, 6.45) is 0.690. The normalized spacial score (nSPS) is 16.8. The first-order valence-electron chi connectivity index (χ1n) is 16.2. The minimum absolute atomic E-state index is 0.00667. The SMILES string of the molecule is COc1ccc(CCN2C(=O)c3ccccc3NC2c2ccc(C3Nc4ccccc4C(=O)N3CCc3ccc(OC)cc3)cc2)cc1. The van der Waals surface area contributed by atoms with Gasteiger partial charge in [0.05, 0.1) is 25.3 Å². The molecule has 2 aliphatic rings. The number of rotatable bonds is 10. The predicted octanol–water partition coefficient (Wildman–Crippen LogP) is 7.32. The highest BCUT2D eigenvalue weighted by atomic mass is 16.5. The quantitative estimate of drug-likeness (QED) is 0.167. The van der Waals surface area contributed by atoms with Crippen LogP contribution in [0, 0.1) is 0 Å². The maximum atomic E-state index is 13.9. The summed E-state index contributed by atoms with van der Waals surface area (Å²) in [6.45, 7) is 1.07. The van der Waals surface area contributed by atoms with Gasteiger partial charge in [0, 0.05) is 24.5 Å². The first-order chi connectivity index (χ1) is 23.5. The topological polar surface area (TPSA) is 83.1 Å². The summed E-state index contributed by atoms with van der Waals surface area (Å²) in [6, 6.07) is 39.5. The van der Waals surface area contributed by atoms with Crippen LogP contribution in [0.1, 0.15) is 55.3 Å². The number of nitrogens with one attached hydrogen (secondary N) is 2. The Morgan fingerprint density at radius 3 is 1.27 bits per heavy atom. The third-order valence-electron chi connectivity index (χ3n) is 9.21. The van der Waals surface area contributed by atoms with E-state index in [1.54, 1.807) is 14.2 Å². The lowest BCUT2D eigenvalue weighted by Gasteiger charge is -2.39. The molecule has 7 rings (SSSR count). The van der Waals surface area contributed by atoms with E-state index in [2.05, 4.69) is 34.9 Å². The van der Waals surface area contributed by atoms with Gasteiger partial charge in [-0.1, -0.05) is 72.8 Å². The van der Waals surface area contributed by atoms with Crippen molar-refractivity contribution >= 4 is 23.2 Å². The van der Waals surface area contributed by atoms with Crippen LogP contribution < -0.4 is 20.1 Å². The number of nitrogens with zero attached hydrogens (tertiary/aromatic N) is 2. The molecule has 2 unspecified atom stereocenters. The Bertz CT molecular complexity index is 1770. The molecule has 2 atom stereocenters. The second-order valence-corrected chi connectivity index (χ2v) is 12.0. The van der Waals surface area contributed by atoms with Gasteiger partial charge in [-0.3, -0.25) is 9.59 Å². The monoisotopic (exact) mass is 638 g/mol. The van der Waals surface area contributed by atoms with Gasteiger partial charge < -0.3 is 29.9 Å². The van der Waals surface area contributed by atoms with Crippen molar-refractivity contribution in [3.63, 3.8) is 0 Å². The standard InChI is InChI=1S/C40H38N4O4/c1-47-31-19-11-27(12-20-31)23-25-43-37(41-35-9-5-3-7-33(35)39(43)45)29-15-17-30(18-16-29)38-42-36-10-6-4-8-34(36)40(46)44(38)26-24-28-13-21-32(48-2)22-14-28/h3-22,37-38,41-42H,23-26H2,1-2H3. The van der Waals surface area contributed by atoms with Crippen LogP contribution in [0.15, 0.2) is 121 Å². The first-order valence-corrected chi connectivity index (χ1v) is 16.2. The van der Waals surface area contributed by atoms with Crippen molar-refractivity contribution in [2.24, 2.45) is 0 Å². The number of ether oxygens (including phenoxy) is 2. The zero-order chi connectivity index (χ0) is 33.0. The Hall–Kier alpha value is -5.76. The molecule has 2 N–H and O–H groups in total. The van der Waals surface area contributed by atoms with Crippen LogP contribution in [0.3, 0.4) is 0 Å². The largest absolute Gasteiger partial charge is 0.497 e. The van der Waals surface area contributed by atoms with Gasteiger partial charge in [-0.15, -0.1) is 0 Å². The summed E-state index contributed by atoms with van der Waals surface area (Å²) < 4.78 is 10.6. The maximum absolute atomic E-state index is 13.9. The Balaban J connectivity index is 1.15. The Morgan fingerprint density at radius 2 is 0.896 bits per heavy atom. The van der Waals surface area contributed by atoms with E-state index in [0.717, 1.165) is 45.1 Å². The molecule has 8 heteroatoms. The van der Waals surface area contributed by atoms with E-state index in [1.807, 2.05) is 107 Å². The Kier molecular flexibility index (Phi) is 8.71. The molecular formula is C40H38N4O4. The molecule has 0 radical (unpaired) electrons. The minimum Gasteiger partial charge on any atom is -0.497 e. The summed E-state index contributed by atoms with van der Waals surface area (Å²) in [5.74, 6) is 1.59. The van der Waals surface area contributed by atoms with Gasteiger partial charge in [0.2, 0.25) is 0 Å². The third kappa shape index (κ3) is 6.17. The zero-order valence-corrected chi connectivity index (χ0v) is 27.1. The fraction of sp³-hybridized carbons (Fsp3) is 0.200. The second-order valence-electron chi connectivity index (χ2n) is 12.0. The molecule has 8 nitrogen and oxygen atoms in total. The van der Waals surface area contributed by atoms with Crippen LogP contribution in [0.5, 0.6) is 11.5 Å². The van der Waals surface area contributed by atoms with Gasteiger partial charge >= 0.3 is 0 Å². The maximum Gasteiger partial charge on any atom is 0.257 e. The number of carbonyl (C=O) groups excluding carboxylic acids is 2. The van der Waals surface area contributed by atoms with E-state index in [1.165, 1.54) is 0 Å². The molecule has 0 fully saturated rings. The Labute approximate surface area is 280 Å². The van der Waals surface area contributed by atoms with Crippen LogP contribution in [0.2, 0.25) is 0 Å². The second kappa shape index (κ2) is 13.5. The predicted molar refractivity (Wildman–Crippen MR) is 188 cm³/mol. The van der Waals surface area contributed by atoms with Crippen LogP contribution >= 0.6 is 0 Å². The minimum atomic E-state index is -0.354. The molecule has 0 bridgehead atoms. The number of benzene rings is 5. The molecule has 0 saturated carbocycles. The van der Waals surface area contributed by atoms with Crippen LogP contribution in [0.25, 0.3) is 0 Å². The van der Waals surface area contributed by atoms with Crippen molar-refractivity contribution in [1.82, 2.24) is 9.80 Å². The van der Waals surface area contributed by atoms with Gasteiger partial charge in [0.25, 0.3) is 11.8 Å². The number of amides is 2. The number of methoxy groups -OCH3 is 2. The van der Waals surface area contributed by atoms with E-state index in [-0.39, 0.29) is 24.1 Å². The van der Waals surface area contributed by atoms with Crippen LogP contribution in [-0.2, 0) is 12.8 Å². The van der Waals surface area contributed by atoms with E-state index < -0.39 is 0 Å². The van der Waals surface area contributed by atoms with Crippen molar-refractivity contribution in [3.8, 4) is 11.5 Å². The highest BCUT2D eigenvalue weighted by Crippen LogP contribution is 2.36. The Morgan fingerprint density at radius 1 is 0.521 bits per heavy atom. The number of hydrogen-bond acceptors (Lipinski definition) is 6. The van der Waals surface area contributed by atoms with Crippen molar-refractivity contribution in [2.45, 2.75) is 25.2 Å². The lowest BCUT2D eigenvalue weighted by molar-refractivity contribution is 0.0675. The number of para-hydroxylation sites is 2. The smallest absolute Gasteiger partial charge is 0.257 e. The molecule has 2 aliphatic heterocycles. The van der Waals surface area contributed by atoms with E-state index >= 15 is 0 Å². The lowest BCUT2D eigenvalue weighted by Crippen LogP contribution is -2.44. The molecule has 242 valence electrons. The van der Waals surface area contributed by atoms with Gasteiger partial charge in [0.1, 0.15) is 23.8 Å². The molecule has 0 aromatic heterocycles. The lowest BCUT2D eigenvalue weighted by atomic mass is 9.99. The molecule has 0 spiro atoms. The molecule has 2 amide bonds. The van der Waals surface area contributed by atoms with Crippen molar-refractivity contribution in [3.05, 3.63) is 155 Å². The molecular weight excluding hydrogens is 600 g/mol. The average molecular weight is 639 g/mol. The molecule has 0 saturated heterocycles. The van der Waals surface area contributed by atoms with E-state index in [0.29, 0.717) is 37.1 Å². The fourth-order valence-corrected chi connectivity index (χ4v) is 6.52. The molecule has 48 heavy (non-hydrogen) atoms. The highest BCUT2D eigenvalue weighted by Gasteiger charge is 2.35. The van der Waals surface area contributed by atoms with Gasteiger partial charge in [-0.2, -0.15) is 0 Å². The van der Waals surface area contributed by atoms with Crippen molar-refractivity contribution in [2.75, 3.05) is 37.9 Å². The number of hydrogen-bond donors (Lipinski definition) is 2.